The number of nitrogens with two attached hydrogens (primary N) is 1. The van der Waals surface area contributed by atoms with Crippen LogP contribution in [0, 0.1) is 35.5 Å². The number of carbonyl (C=O) groups excluding carboxylic acids is 5. The van der Waals surface area contributed by atoms with Crippen molar-refractivity contribution in [2.24, 2.45) is 35.5 Å². The van der Waals surface area contributed by atoms with Crippen molar-refractivity contribution in [3.8, 4) is 5.69 Å². The zero-order valence-electron chi connectivity index (χ0n) is 47.6. The number of aliphatic hydroxyl groups is 2. The zero-order chi connectivity index (χ0) is 56.8. The largest absolute Gasteiger partial charge is 0.460 e. The summed E-state index contributed by atoms with van der Waals surface area (Å²) in [5.74, 6) is -8.08. The number of anilines is 1. The molecule has 18 nitrogen and oxygen atoms in total. The van der Waals surface area contributed by atoms with Crippen LogP contribution in [0.1, 0.15) is 131 Å². The van der Waals surface area contributed by atoms with Gasteiger partial charge in [0.2, 0.25) is 5.79 Å². The second-order valence-corrected chi connectivity index (χ2v) is 22.6. The Morgan fingerprint density at radius 2 is 1.62 bits per heavy atom. The number of piperidine rings is 1. The lowest BCUT2D eigenvalue weighted by molar-refractivity contribution is -0.265. The third-order valence-corrected chi connectivity index (χ3v) is 16.6. The number of rotatable bonds is 10. The molecule has 18 heteroatoms. The molecule has 15 atom stereocenters. The summed E-state index contributed by atoms with van der Waals surface area (Å²) >= 11 is 0. The maximum absolute atomic E-state index is 14.6. The normalized spacial score (nSPS) is 34.1. The molecule has 1 saturated carbocycles. The van der Waals surface area contributed by atoms with Crippen LogP contribution in [0.3, 0.4) is 0 Å². The maximum Gasteiger partial charge on any atom is 0.329 e. The van der Waals surface area contributed by atoms with Crippen LogP contribution in [0.25, 0.3) is 5.69 Å². The summed E-state index contributed by atoms with van der Waals surface area (Å²) in [6, 6.07) is 6.14. The molecule has 0 radical (unpaired) electrons. The first-order valence-electron chi connectivity index (χ1n) is 28.1. The number of carbonyl (C=O) groups is 5. The standard InChI is InChI=1S/C60H87N5O13/c1-36-16-12-11-13-17-37(2)51(73-8)32-47-25-19-42(7)60(72,78-47)57(69)58(70)64-27-15-14-18-48(64)59(71)77-52(33-49(66)38(3)29-41(6)55(68)56(75-10)54(67)40(5)28-36)39(4)30-43-20-26-50(53(31-43)74-9)76-35-45-34-65(63-62-45)46-23-21-44(61)22-24-46/h11-13,16-17,21-24,29,34,36,39-43,47-48,50-53,55-56,68,72H,14-15,18-20,25-28,30-33,35,61H2,1-10H3/b13-11?,16-12?,37-17?,38-29+/t36-,39-,40-,41?,42-,43+,47+,48+,50-,51+,52+,53-,55-,56+,60-/m1/s1. The van der Waals surface area contributed by atoms with Crippen molar-refractivity contribution in [2.45, 2.75) is 187 Å². The molecular weight excluding hydrogens is 999 g/mol. The number of aromatic nitrogens is 3. The van der Waals surface area contributed by atoms with E-state index in [0.717, 1.165) is 17.7 Å². The van der Waals surface area contributed by atoms with Crippen molar-refractivity contribution in [1.29, 1.82) is 0 Å². The van der Waals surface area contributed by atoms with Crippen LogP contribution in [0.4, 0.5) is 5.69 Å². The number of hydrogen-bond donors (Lipinski definition) is 3. The first-order valence-corrected chi connectivity index (χ1v) is 28.1. The van der Waals surface area contributed by atoms with E-state index in [-0.39, 0.29) is 67.5 Å². The minimum Gasteiger partial charge on any atom is -0.460 e. The van der Waals surface area contributed by atoms with E-state index in [4.69, 9.17) is 34.2 Å². The van der Waals surface area contributed by atoms with Gasteiger partial charge >= 0.3 is 5.97 Å². The Morgan fingerprint density at radius 1 is 0.872 bits per heavy atom. The van der Waals surface area contributed by atoms with E-state index in [1.807, 2.05) is 76.4 Å². The van der Waals surface area contributed by atoms with Gasteiger partial charge in [0.1, 0.15) is 23.9 Å². The zero-order valence-corrected chi connectivity index (χ0v) is 47.6. The van der Waals surface area contributed by atoms with E-state index < -0.39 is 77.8 Å². The number of nitrogen functional groups attached to an aromatic ring is 1. The Bertz CT molecular complexity index is 2470. The third-order valence-electron chi connectivity index (χ3n) is 16.6. The lowest BCUT2D eigenvalue weighted by Crippen LogP contribution is -2.61. The van der Waals surface area contributed by atoms with Crippen molar-refractivity contribution in [3.05, 3.63) is 83.8 Å². The highest BCUT2D eigenvalue weighted by atomic mass is 16.6. The summed E-state index contributed by atoms with van der Waals surface area (Å²) in [6.45, 7) is 13.0. The number of benzene rings is 1. The molecule has 4 heterocycles. The lowest BCUT2D eigenvalue weighted by Gasteiger charge is -2.42. The average Bonchev–Trinajstić information content (AvgIpc) is 3.94. The Morgan fingerprint density at radius 3 is 2.32 bits per heavy atom. The van der Waals surface area contributed by atoms with Crippen molar-refractivity contribution in [1.82, 2.24) is 19.9 Å². The highest BCUT2D eigenvalue weighted by Crippen LogP contribution is 2.38. The molecule has 1 aromatic carbocycles. The van der Waals surface area contributed by atoms with Gasteiger partial charge in [-0.15, -0.1) is 5.10 Å². The average molecular weight is 1090 g/mol. The summed E-state index contributed by atoms with van der Waals surface area (Å²) < 4.78 is 38.1. The van der Waals surface area contributed by atoms with Crippen molar-refractivity contribution < 1.29 is 62.6 Å². The number of amides is 1. The van der Waals surface area contributed by atoms with Crippen molar-refractivity contribution >= 4 is 34.9 Å². The highest BCUT2D eigenvalue weighted by molar-refractivity contribution is 6.39. The number of hydrogen-bond acceptors (Lipinski definition) is 16. The van der Waals surface area contributed by atoms with Crippen molar-refractivity contribution in [3.63, 3.8) is 0 Å². The SMILES string of the molecule is CO[C@H]1C[C@@H]2CC[C@@H](C)[C@@](O)(O2)C(=O)C(=O)N2CCCC[C@H]2C(=O)O[C@H]([C@H](C)C[C@@H]2CC[C@@H](OCc3cn(-c4ccc(N)cc4)nn3)[C@H](OC)C2)CC(=O)/C(C)=C/C(C)[C@@H](O)[C@@H](OC)C(=O)[C@H](C)C[C@H](C)C=CC=CC=C1C. The summed E-state index contributed by atoms with van der Waals surface area (Å²) in [7, 11) is 4.62. The van der Waals surface area contributed by atoms with Crippen LogP contribution < -0.4 is 5.73 Å². The minimum atomic E-state index is -2.45. The topological polar surface area (TPSA) is 241 Å². The molecular formula is C60H87N5O13. The molecule has 3 aliphatic heterocycles. The van der Waals surface area contributed by atoms with Gasteiger partial charge in [0.25, 0.3) is 11.7 Å². The maximum atomic E-state index is 14.6. The van der Waals surface area contributed by atoms with Gasteiger partial charge in [-0.2, -0.15) is 0 Å². The lowest BCUT2D eigenvalue weighted by atomic mass is 9.78. The molecule has 1 amide bonds. The van der Waals surface area contributed by atoms with Crippen LogP contribution in [0.2, 0.25) is 0 Å². The van der Waals surface area contributed by atoms with Gasteiger partial charge in [-0.05, 0) is 131 Å². The van der Waals surface area contributed by atoms with E-state index in [9.17, 15) is 34.2 Å². The number of fused-ring (bicyclic) bond motifs is 3. The minimum absolute atomic E-state index is 0.00998. The summed E-state index contributed by atoms with van der Waals surface area (Å²) in [6.07, 6.45) is 13.5. The van der Waals surface area contributed by atoms with Crippen molar-refractivity contribution in [2.75, 3.05) is 33.6 Å². The van der Waals surface area contributed by atoms with Gasteiger partial charge in [0.05, 0.1) is 49.0 Å². The summed E-state index contributed by atoms with van der Waals surface area (Å²) in [4.78, 5) is 72.8. The quantitative estimate of drug-likeness (QED) is 0.118. The molecule has 430 valence electrons. The molecule has 1 aromatic heterocycles. The predicted molar refractivity (Wildman–Crippen MR) is 293 cm³/mol. The number of nitrogens with zero attached hydrogens (tertiary/aromatic N) is 4. The Hall–Kier alpha value is -5.21. The van der Waals surface area contributed by atoms with Gasteiger partial charge in [-0.25, -0.2) is 9.48 Å². The molecule has 1 unspecified atom stereocenters. The van der Waals surface area contributed by atoms with Gasteiger partial charge in [0, 0.05) is 64.2 Å². The molecule has 1 aliphatic carbocycles. The fourth-order valence-electron chi connectivity index (χ4n) is 11.6. The number of ether oxygens (including phenoxy) is 6. The molecule has 2 bridgehead atoms. The molecule has 2 aromatic rings. The number of Topliss-reactive ketones (excluding diaryl/α,β-unsaturated/α-hetero) is 3. The molecule has 6 rings (SSSR count). The van der Waals surface area contributed by atoms with Crippen LogP contribution in [0.5, 0.6) is 0 Å². The van der Waals surface area contributed by atoms with Crippen LogP contribution in [-0.2, 0) is 59.0 Å². The fraction of sp³-hybridized carbons (Fsp3) is 0.650. The van der Waals surface area contributed by atoms with E-state index in [2.05, 4.69) is 10.3 Å². The Balaban J connectivity index is 1.24. The smallest absolute Gasteiger partial charge is 0.329 e. The molecule has 4 aliphatic rings. The number of esters is 1. The highest BCUT2D eigenvalue weighted by Gasteiger charge is 2.53. The van der Waals surface area contributed by atoms with Gasteiger partial charge in [0.15, 0.2) is 11.6 Å². The number of aliphatic hydroxyl groups excluding tert-OH is 1. The molecule has 4 N–H and O–H groups in total. The van der Waals surface area contributed by atoms with E-state index in [1.54, 1.807) is 57.9 Å². The number of ketones is 3. The van der Waals surface area contributed by atoms with Crippen LogP contribution in [0.15, 0.2) is 78.1 Å². The molecule has 0 spiro atoms. The molecule has 2 saturated heterocycles. The van der Waals surface area contributed by atoms with E-state index in [0.29, 0.717) is 74.7 Å². The Kier molecular flexibility index (Phi) is 22.9. The first kappa shape index (κ1) is 62.0. The number of cyclic esters (lactones) is 1. The monoisotopic (exact) mass is 1090 g/mol. The second-order valence-electron chi connectivity index (χ2n) is 22.6. The third kappa shape index (κ3) is 16.0. The van der Waals surface area contributed by atoms with Gasteiger partial charge < -0.3 is 49.3 Å². The van der Waals surface area contributed by atoms with Gasteiger partial charge in [-0.3, -0.25) is 19.2 Å². The molecule has 3 fully saturated rings. The predicted octanol–water partition coefficient (Wildman–Crippen LogP) is 7.57. The first-order chi connectivity index (χ1) is 37.2. The van der Waals surface area contributed by atoms with Crippen LogP contribution >= 0.6 is 0 Å². The number of methoxy groups -OCH3 is 3. The number of allylic oxidation sites excluding steroid dienone is 6. The van der Waals surface area contributed by atoms with Gasteiger partial charge in [-0.1, -0.05) is 76.3 Å². The fourth-order valence-corrected chi connectivity index (χ4v) is 11.6. The summed E-state index contributed by atoms with van der Waals surface area (Å²) in [5, 5.41) is 32.2. The summed E-state index contributed by atoms with van der Waals surface area (Å²) in [5.41, 5.74) is 9.16. The Labute approximate surface area is 461 Å². The second kappa shape index (κ2) is 28.8. The molecule has 78 heavy (non-hydrogen) atoms. The van der Waals surface area contributed by atoms with E-state index >= 15 is 0 Å². The van der Waals surface area contributed by atoms with Crippen LogP contribution in [-0.4, -0.2) is 142 Å². The van der Waals surface area contributed by atoms with E-state index in [1.165, 1.54) is 12.0 Å².